The van der Waals surface area contributed by atoms with Crippen molar-refractivity contribution >= 4 is 34.6 Å². The number of ether oxygens (including phenoxy) is 2. The first-order chi connectivity index (χ1) is 16.5. The molecule has 0 saturated carbocycles. The molecule has 2 aromatic carbocycles. The van der Waals surface area contributed by atoms with Gasteiger partial charge in [0.2, 0.25) is 0 Å². The molecule has 0 aliphatic heterocycles. The van der Waals surface area contributed by atoms with Crippen LogP contribution in [0.1, 0.15) is 57.2 Å². The Bertz CT molecular complexity index is 1280. The Morgan fingerprint density at radius 3 is 2.46 bits per heavy atom. The van der Waals surface area contributed by atoms with Crippen molar-refractivity contribution in [1.82, 2.24) is 5.32 Å². The zero-order valence-electron chi connectivity index (χ0n) is 20.6. The van der Waals surface area contributed by atoms with E-state index in [1.165, 1.54) is 6.07 Å². The van der Waals surface area contributed by atoms with Crippen LogP contribution in [-0.4, -0.2) is 23.7 Å². The van der Waals surface area contributed by atoms with Crippen LogP contribution in [0.4, 0.5) is 4.79 Å². The Hall–Kier alpha value is -3.32. The molecule has 0 aliphatic carbocycles. The fraction of sp³-hybridized carbons (Fsp3) is 0.370. The minimum absolute atomic E-state index is 0.0367. The number of amides is 1. The van der Waals surface area contributed by atoms with Crippen LogP contribution < -0.4 is 15.7 Å². The van der Waals surface area contributed by atoms with E-state index in [4.69, 9.17) is 25.5 Å². The Kier molecular flexibility index (Phi) is 8.22. The molecule has 1 aromatic heterocycles. The molecule has 35 heavy (non-hydrogen) atoms. The zero-order chi connectivity index (χ0) is 25.8. The Morgan fingerprint density at radius 1 is 1.14 bits per heavy atom. The average Bonchev–Trinajstić information content (AvgIpc) is 2.77. The molecule has 3 aromatic rings. The summed E-state index contributed by atoms with van der Waals surface area (Å²) in [4.78, 5) is 37.7. The van der Waals surface area contributed by atoms with E-state index >= 15 is 0 Å². The molecule has 0 fully saturated rings. The van der Waals surface area contributed by atoms with Crippen molar-refractivity contribution in [3.63, 3.8) is 0 Å². The fourth-order valence-corrected chi connectivity index (χ4v) is 3.84. The van der Waals surface area contributed by atoms with Crippen molar-refractivity contribution in [1.29, 1.82) is 0 Å². The van der Waals surface area contributed by atoms with Gasteiger partial charge in [0, 0.05) is 23.4 Å². The summed E-state index contributed by atoms with van der Waals surface area (Å²) in [6.45, 7) is 8.91. The number of rotatable bonds is 7. The van der Waals surface area contributed by atoms with Crippen LogP contribution in [0.3, 0.4) is 0 Å². The summed E-state index contributed by atoms with van der Waals surface area (Å²) >= 11 is 6.44. The standard InChI is InChI=1S/C27H30ClNO6/c1-6-10-21(29-26(32)35-27(3,4)5)25(31)34-23-15-22-18(14-20(23)28)16(2)19(24(30)33-22)13-17-11-8-7-9-12-17/h7-9,11-12,14-15,21H,6,10,13H2,1-5H3,(H,29,32)/t21-/m0/s1. The molecule has 0 saturated heterocycles. The summed E-state index contributed by atoms with van der Waals surface area (Å²) in [7, 11) is 0. The number of carbonyl (C=O) groups excluding carboxylic acids is 2. The monoisotopic (exact) mass is 499 g/mol. The highest BCUT2D eigenvalue weighted by Gasteiger charge is 2.26. The first-order valence-corrected chi connectivity index (χ1v) is 11.9. The smallest absolute Gasteiger partial charge is 0.408 e. The van der Waals surface area contributed by atoms with E-state index in [1.807, 2.05) is 44.2 Å². The lowest BCUT2D eigenvalue weighted by Crippen LogP contribution is -2.45. The minimum atomic E-state index is -0.927. The number of hydrogen-bond acceptors (Lipinski definition) is 6. The van der Waals surface area contributed by atoms with Gasteiger partial charge in [-0.2, -0.15) is 0 Å². The van der Waals surface area contributed by atoms with Crippen molar-refractivity contribution in [2.45, 2.75) is 65.5 Å². The summed E-state index contributed by atoms with van der Waals surface area (Å²) in [6, 6.07) is 11.7. The van der Waals surface area contributed by atoms with Crippen LogP contribution in [0.2, 0.25) is 5.02 Å². The molecular formula is C27H30ClNO6. The van der Waals surface area contributed by atoms with Gasteiger partial charge in [-0.15, -0.1) is 0 Å². The van der Waals surface area contributed by atoms with Crippen molar-refractivity contribution < 1.29 is 23.5 Å². The van der Waals surface area contributed by atoms with Crippen molar-refractivity contribution in [3.8, 4) is 5.75 Å². The molecule has 8 heteroatoms. The van der Waals surface area contributed by atoms with E-state index in [9.17, 15) is 14.4 Å². The predicted octanol–water partition coefficient (Wildman–Crippen LogP) is 5.94. The molecule has 0 spiro atoms. The molecule has 3 rings (SSSR count). The molecule has 7 nitrogen and oxygen atoms in total. The molecule has 1 atom stereocenters. The number of alkyl carbamates (subject to hydrolysis) is 1. The second-order valence-corrected chi connectivity index (χ2v) is 9.75. The summed E-state index contributed by atoms with van der Waals surface area (Å²) in [5.74, 6) is -0.659. The lowest BCUT2D eigenvalue weighted by molar-refractivity contribution is -0.137. The van der Waals surface area contributed by atoms with Gasteiger partial charge in [0.25, 0.3) is 0 Å². The van der Waals surface area contributed by atoms with Crippen LogP contribution >= 0.6 is 11.6 Å². The van der Waals surface area contributed by atoms with Crippen LogP contribution in [0, 0.1) is 6.92 Å². The Labute approximate surface area is 209 Å². The number of hydrogen-bond donors (Lipinski definition) is 1. The molecule has 186 valence electrons. The zero-order valence-corrected chi connectivity index (χ0v) is 21.3. The third-order valence-electron chi connectivity index (χ3n) is 5.33. The second kappa shape index (κ2) is 11.0. The number of esters is 1. The molecular weight excluding hydrogens is 470 g/mol. The fourth-order valence-electron chi connectivity index (χ4n) is 3.64. The highest BCUT2D eigenvalue weighted by molar-refractivity contribution is 6.33. The largest absolute Gasteiger partial charge is 0.444 e. The van der Waals surface area contributed by atoms with Gasteiger partial charge in [0.15, 0.2) is 5.75 Å². The van der Waals surface area contributed by atoms with Gasteiger partial charge in [-0.25, -0.2) is 14.4 Å². The molecule has 0 aliphatic rings. The van der Waals surface area contributed by atoms with Crippen molar-refractivity contribution in [3.05, 3.63) is 74.6 Å². The van der Waals surface area contributed by atoms with Crippen molar-refractivity contribution in [2.24, 2.45) is 0 Å². The lowest BCUT2D eigenvalue weighted by Gasteiger charge is -2.22. The number of fused-ring (bicyclic) bond motifs is 1. The number of aryl methyl sites for hydroxylation is 1. The van der Waals surface area contributed by atoms with Gasteiger partial charge in [0.05, 0.1) is 5.02 Å². The van der Waals surface area contributed by atoms with Crippen LogP contribution in [0.5, 0.6) is 5.75 Å². The maximum atomic E-state index is 12.8. The first kappa shape index (κ1) is 26.3. The van der Waals surface area contributed by atoms with E-state index in [-0.39, 0.29) is 16.4 Å². The SMILES string of the molecule is CCC[C@H](NC(=O)OC(C)(C)C)C(=O)Oc1cc2oc(=O)c(Cc3ccccc3)c(C)c2cc1Cl. The third kappa shape index (κ3) is 6.85. The number of carbonyl (C=O) groups is 2. The summed E-state index contributed by atoms with van der Waals surface area (Å²) < 4.78 is 16.3. The van der Waals surface area contributed by atoms with Crippen LogP contribution in [0.25, 0.3) is 11.0 Å². The second-order valence-electron chi connectivity index (χ2n) is 9.34. The molecule has 1 N–H and O–H groups in total. The van der Waals surface area contributed by atoms with E-state index in [1.54, 1.807) is 26.8 Å². The van der Waals surface area contributed by atoms with Gasteiger partial charge < -0.3 is 19.2 Å². The number of halogens is 1. The lowest BCUT2D eigenvalue weighted by atomic mass is 9.99. The predicted molar refractivity (Wildman–Crippen MR) is 135 cm³/mol. The number of nitrogens with one attached hydrogen (secondary N) is 1. The Balaban J connectivity index is 1.86. The van der Waals surface area contributed by atoms with Crippen LogP contribution in [0.15, 0.2) is 51.7 Å². The van der Waals surface area contributed by atoms with Gasteiger partial charge in [-0.05, 0) is 51.3 Å². The van der Waals surface area contributed by atoms with Gasteiger partial charge in [0.1, 0.15) is 17.2 Å². The van der Waals surface area contributed by atoms with Crippen LogP contribution in [-0.2, 0) is 16.0 Å². The Morgan fingerprint density at radius 2 is 1.83 bits per heavy atom. The maximum Gasteiger partial charge on any atom is 0.408 e. The number of benzene rings is 2. The summed E-state index contributed by atoms with van der Waals surface area (Å²) in [5.41, 5.74) is 1.35. The molecule has 0 bridgehead atoms. The van der Waals surface area contributed by atoms with E-state index in [0.29, 0.717) is 30.2 Å². The molecule has 1 amide bonds. The topological polar surface area (TPSA) is 94.8 Å². The third-order valence-corrected chi connectivity index (χ3v) is 5.62. The normalized spacial score (nSPS) is 12.3. The summed E-state index contributed by atoms with van der Waals surface area (Å²) in [5, 5.41) is 3.38. The maximum absolute atomic E-state index is 12.8. The average molecular weight is 500 g/mol. The van der Waals surface area contributed by atoms with Gasteiger partial charge in [-0.1, -0.05) is 55.3 Å². The highest BCUT2D eigenvalue weighted by Crippen LogP contribution is 2.32. The van der Waals surface area contributed by atoms with Crippen molar-refractivity contribution in [2.75, 3.05) is 0 Å². The quantitative estimate of drug-likeness (QED) is 0.245. The van der Waals surface area contributed by atoms with E-state index < -0.39 is 29.3 Å². The highest BCUT2D eigenvalue weighted by atomic mass is 35.5. The molecule has 0 unspecified atom stereocenters. The molecule has 1 heterocycles. The minimum Gasteiger partial charge on any atom is -0.444 e. The van der Waals surface area contributed by atoms with Gasteiger partial charge in [-0.3, -0.25) is 0 Å². The van der Waals surface area contributed by atoms with E-state index in [0.717, 1.165) is 11.1 Å². The molecule has 0 radical (unpaired) electrons. The first-order valence-electron chi connectivity index (χ1n) is 11.5. The van der Waals surface area contributed by atoms with E-state index in [2.05, 4.69) is 5.32 Å². The summed E-state index contributed by atoms with van der Waals surface area (Å²) in [6.07, 6.45) is 0.679. The van der Waals surface area contributed by atoms with Gasteiger partial charge >= 0.3 is 17.7 Å².